The van der Waals surface area contributed by atoms with E-state index in [9.17, 15) is 18.8 Å². The zero-order chi connectivity index (χ0) is 31.6. The third-order valence-corrected chi connectivity index (χ3v) is 8.17. The van der Waals surface area contributed by atoms with Crippen LogP contribution in [-0.4, -0.2) is 17.7 Å². The molecule has 1 unspecified atom stereocenters. The lowest BCUT2D eigenvalue weighted by Crippen LogP contribution is -2.30. The minimum Gasteiger partial charge on any atom is -0.323 e. The number of thioether (sulfide) groups is 1. The molecule has 0 bridgehead atoms. The molecule has 1 atom stereocenters. The number of amides is 3. The van der Waals surface area contributed by atoms with E-state index in [1.807, 2.05) is 30.3 Å². The Morgan fingerprint density at radius 3 is 2.02 bits per heavy atom. The second kappa shape index (κ2) is 15.0. The van der Waals surface area contributed by atoms with Crippen LogP contribution in [0.1, 0.15) is 26.7 Å². The van der Waals surface area contributed by atoms with Crippen LogP contribution in [0.5, 0.6) is 0 Å². The first-order valence-electron chi connectivity index (χ1n) is 13.9. The van der Waals surface area contributed by atoms with Crippen LogP contribution in [0.3, 0.4) is 0 Å². The molecule has 0 saturated heterocycles. The van der Waals surface area contributed by atoms with Gasteiger partial charge in [-0.3, -0.25) is 14.4 Å². The van der Waals surface area contributed by atoms with E-state index in [0.717, 1.165) is 10.5 Å². The summed E-state index contributed by atoms with van der Waals surface area (Å²) in [6.45, 7) is 0. The molecule has 3 amide bonds. The van der Waals surface area contributed by atoms with E-state index >= 15 is 0 Å². The highest BCUT2D eigenvalue weighted by Crippen LogP contribution is 2.37. The Morgan fingerprint density at radius 2 is 1.33 bits per heavy atom. The molecule has 0 radical (unpaired) electrons. The van der Waals surface area contributed by atoms with Crippen molar-refractivity contribution in [2.75, 3.05) is 10.6 Å². The number of hydrogen-bond donors (Lipinski definition) is 3. The SMILES string of the molecule is O=C(Nc1ccc(SC(C(=O)Nc2ccccc2Cl)c2ccccc2)cc1)/C(=C/c1ccccc1F)NC(=O)c1ccccc1. The van der Waals surface area contributed by atoms with E-state index in [1.165, 1.54) is 36.0 Å². The third-order valence-electron chi connectivity index (χ3n) is 6.57. The molecule has 6 nitrogen and oxygen atoms in total. The van der Waals surface area contributed by atoms with Crippen LogP contribution in [0.25, 0.3) is 6.08 Å². The second-order valence-electron chi connectivity index (χ2n) is 9.76. The summed E-state index contributed by atoms with van der Waals surface area (Å²) in [5.74, 6) is -1.93. The standard InChI is InChI=1S/C36H27ClFN3O3S/c37-29-16-8-10-18-31(29)40-36(44)33(24-11-3-1-4-12-24)45-28-21-19-27(20-22-28)39-35(43)32(23-26-15-7-9-17-30(26)38)41-34(42)25-13-5-2-6-14-25/h1-23,33H,(H,39,43)(H,40,44)(H,41,42)/b32-23-. The van der Waals surface area contributed by atoms with E-state index < -0.39 is 22.9 Å². The number of benzene rings is 5. The van der Waals surface area contributed by atoms with Crippen molar-refractivity contribution in [3.8, 4) is 0 Å². The van der Waals surface area contributed by atoms with Gasteiger partial charge < -0.3 is 16.0 Å². The highest BCUT2D eigenvalue weighted by Gasteiger charge is 2.23. The maximum absolute atomic E-state index is 14.4. The van der Waals surface area contributed by atoms with Crippen molar-refractivity contribution in [2.24, 2.45) is 0 Å². The average molecular weight is 636 g/mol. The Kier molecular flexibility index (Phi) is 10.4. The highest BCUT2D eigenvalue weighted by atomic mass is 35.5. The molecule has 0 aliphatic carbocycles. The van der Waals surface area contributed by atoms with Crippen LogP contribution in [0.2, 0.25) is 5.02 Å². The van der Waals surface area contributed by atoms with Crippen LogP contribution in [-0.2, 0) is 9.59 Å². The predicted molar refractivity (Wildman–Crippen MR) is 178 cm³/mol. The summed E-state index contributed by atoms with van der Waals surface area (Å²) in [4.78, 5) is 40.4. The predicted octanol–water partition coefficient (Wildman–Crippen LogP) is 8.36. The number of para-hydroxylation sites is 1. The van der Waals surface area contributed by atoms with E-state index in [4.69, 9.17) is 11.6 Å². The van der Waals surface area contributed by atoms with Gasteiger partial charge in [-0.15, -0.1) is 11.8 Å². The van der Waals surface area contributed by atoms with Crippen LogP contribution in [0, 0.1) is 5.82 Å². The summed E-state index contributed by atoms with van der Waals surface area (Å²) in [5, 5.41) is 8.13. The number of carbonyl (C=O) groups is 3. The maximum Gasteiger partial charge on any atom is 0.272 e. The molecule has 0 aliphatic rings. The summed E-state index contributed by atoms with van der Waals surface area (Å²) in [6, 6.07) is 37.7. The quantitative estimate of drug-likeness (QED) is 0.106. The van der Waals surface area contributed by atoms with Crippen LogP contribution < -0.4 is 16.0 Å². The number of rotatable bonds is 10. The zero-order valence-electron chi connectivity index (χ0n) is 23.7. The minimum absolute atomic E-state index is 0.132. The fraction of sp³-hybridized carbons (Fsp3) is 0.0278. The molecule has 0 heterocycles. The molecule has 3 N–H and O–H groups in total. The molecule has 224 valence electrons. The van der Waals surface area contributed by atoms with Gasteiger partial charge >= 0.3 is 0 Å². The van der Waals surface area contributed by atoms with Crippen molar-refractivity contribution in [3.63, 3.8) is 0 Å². The molecule has 45 heavy (non-hydrogen) atoms. The second-order valence-corrected chi connectivity index (χ2v) is 11.3. The first kappa shape index (κ1) is 31.3. The van der Waals surface area contributed by atoms with Gasteiger partial charge in [-0.1, -0.05) is 90.5 Å². The van der Waals surface area contributed by atoms with Crippen molar-refractivity contribution in [2.45, 2.75) is 10.1 Å². The Hall–Kier alpha value is -5.18. The first-order valence-corrected chi connectivity index (χ1v) is 15.1. The van der Waals surface area contributed by atoms with Crippen molar-refractivity contribution >= 4 is 58.5 Å². The van der Waals surface area contributed by atoms with Gasteiger partial charge in [0.2, 0.25) is 5.91 Å². The molecule has 5 aromatic carbocycles. The Balaban J connectivity index is 1.33. The lowest BCUT2D eigenvalue weighted by Gasteiger charge is -2.18. The van der Waals surface area contributed by atoms with Crippen molar-refractivity contribution < 1.29 is 18.8 Å². The topological polar surface area (TPSA) is 87.3 Å². The molecular weight excluding hydrogens is 609 g/mol. The van der Waals surface area contributed by atoms with Gasteiger partial charge in [-0.05, 0) is 66.2 Å². The van der Waals surface area contributed by atoms with Gasteiger partial charge in [0.05, 0.1) is 10.7 Å². The summed E-state index contributed by atoms with van der Waals surface area (Å²) in [7, 11) is 0. The molecule has 9 heteroatoms. The van der Waals surface area contributed by atoms with Gasteiger partial charge in [-0.25, -0.2) is 4.39 Å². The number of anilines is 2. The first-order chi connectivity index (χ1) is 21.9. The molecule has 0 fully saturated rings. The fourth-order valence-electron chi connectivity index (χ4n) is 4.30. The van der Waals surface area contributed by atoms with Crippen LogP contribution in [0.15, 0.2) is 144 Å². The van der Waals surface area contributed by atoms with E-state index in [0.29, 0.717) is 22.0 Å². The van der Waals surface area contributed by atoms with Crippen molar-refractivity contribution in [1.29, 1.82) is 0 Å². The molecular formula is C36H27ClFN3O3S. The summed E-state index contributed by atoms with van der Waals surface area (Å²) < 4.78 is 14.4. The van der Waals surface area contributed by atoms with Crippen LogP contribution >= 0.6 is 23.4 Å². The highest BCUT2D eigenvalue weighted by molar-refractivity contribution is 8.00. The number of carbonyl (C=O) groups excluding carboxylic acids is 3. The van der Waals surface area contributed by atoms with Gasteiger partial charge in [0, 0.05) is 21.7 Å². The van der Waals surface area contributed by atoms with E-state index in [1.54, 1.807) is 84.9 Å². The molecule has 0 aliphatic heterocycles. The van der Waals surface area contributed by atoms with E-state index in [-0.39, 0.29) is 17.2 Å². The summed E-state index contributed by atoms with van der Waals surface area (Å²) >= 11 is 7.61. The lowest BCUT2D eigenvalue weighted by atomic mass is 10.1. The molecule has 0 saturated carbocycles. The average Bonchev–Trinajstić information content (AvgIpc) is 3.06. The third kappa shape index (κ3) is 8.47. The molecule has 5 aromatic rings. The Labute approximate surface area is 269 Å². The van der Waals surface area contributed by atoms with Crippen LogP contribution in [0.4, 0.5) is 15.8 Å². The zero-order valence-corrected chi connectivity index (χ0v) is 25.3. The summed E-state index contributed by atoms with van der Waals surface area (Å²) in [5.41, 5.74) is 2.12. The smallest absolute Gasteiger partial charge is 0.272 e. The maximum atomic E-state index is 14.4. The normalized spacial score (nSPS) is 11.7. The molecule has 0 spiro atoms. The van der Waals surface area contributed by atoms with Gasteiger partial charge in [0.25, 0.3) is 11.8 Å². The lowest BCUT2D eigenvalue weighted by molar-refractivity contribution is -0.116. The molecule has 0 aromatic heterocycles. The Morgan fingerprint density at radius 1 is 0.711 bits per heavy atom. The number of halogens is 2. The fourth-order valence-corrected chi connectivity index (χ4v) is 5.51. The minimum atomic E-state index is -0.635. The van der Waals surface area contributed by atoms with Crippen molar-refractivity contribution in [3.05, 3.63) is 167 Å². The van der Waals surface area contributed by atoms with Gasteiger partial charge in [-0.2, -0.15) is 0 Å². The Bertz CT molecular complexity index is 1830. The van der Waals surface area contributed by atoms with Gasteiger partial charge in [0.1, 0.15) is 16.8 Å². The van der Waals surface area contributed by atoms with E-state index in [2.05, 4.69) is 16.0 Å². The monoisotopic (exact) mass is 635 g/mol. The largest absolute Gasteiger partial charge is 0.323 e. The molecule has 5 rings (SSSR count). The number of nitrogens with one attached hydrogen (secondary N) is 3. The summed E-state index contributed by atoms with van der Waals surface area (Å²) in [6.07, 6.45) is 1.29. The van der Waals surface area contributed by atoms with Crippen molar-refractivity contribution in [1.82, 2.24) is 5.32 Å². The number of hydrogen-bond acceptors (Lipinski definition) is 4. The van der Waals surface area contributed by atoms with Gasteiger partial charge in [0.15, 0.2) is 0 Å².